The number of esters is 1. The summed E-state index contributed by atoms with van der Waals surface area (Å²) >= 11 is 0. The van der Waals surface area contributed by atoms with Gasteiger partial charge in [-0.1, -0.05) is 91.0 Å². The fourth-order valence-electron chi connectivity index (χ4n) is 6.23. The number of rotatable bonds is 13. The number of fused-ring (bicyclic) bond motifs is 1. The molecule has 8 nitrogen and oxygen atoms in total. The van der Waals surface area contributed by atoms with Crippen LogP contribution in [0, 0.1) is 0 Å². The lowest BCUT2D eigenvalue weighted by Crippen LogP contribution is -2.51. The number of para-hydroxylation sites is 1. The summed E-state index contributed by atoms with van der Waals surface area (Å²) in [6.45, 7) is 13.0. The molecule has 4 aromatic rings. The molecule has 0 spiro atoms. The quantitative estimate of drug-likeness (QED) is 0.140. The van der Waals surface area contributed by atoms with E-state index >= 15 is 0 Å². The van der Waals surface area contributed by atoms with Crippen LogP contribution >= 0.6 is 0 Å². The molecule has 5 rings (SSSR count). The van der Waals surface area contributed by atoms with Crippen LogP contribution in [0.3, 0.4) is 0 Å². The van der Waals surface area contributed by atoms with Gasteiger partial charge in [0.05, 0.1) is 24.8 Å². The molecule has 0 bridgehead atoms. The first kappa shape index (κ1) is 37.5. The van der Waals surface area contributed by atoms with Crippen molar-refractivity contribution in [2.75, 3.05) is 11.4 Å². The van der Waals surface area contributed by atoms with Crippen molar-refractivity contribution in [1.82, 2.24) is 10.6 Å². The highest BCUT2D eigenvalue weighted by molar-refractivity contribution is 6.00. The molecule has 51 heavy (non-hydrogen) atoms. The summed E-state index contributed by atoms with van der Waals surface area (Å²) in [7, 11) is 0. The average molecular weight is 690 g/mol. The lowest BCUT2D eigenvalue weighted by atomic mass is 9.98. The van der Waals surface area contributed by atoms with Crippen molar-refractivity contribution in [2.45, 2.75) is 97.2 Å². The Morgan fingerprint density at radius 2 is 1.51 bits per heavy atom. The van der Waals surface area contributed by atoms with E-state index in [0.29, 0.717) is 38.1 Å². The summed E-state index contributed by atoms with van der Waals surface area (Å²) in [5.74, 6) is -0.687. The predicted octanol–water partition coefficient (Wildman–Crippen LogP) is 7.64. The average Bonchev–Trinajstić information content (AvgIpc) is 3.22. The number of carbonyl (C=O) groups is 3. The molecular weight excluding hydrogens is 638 g/mol. The molecule has 0 aromatic heterocycles. The molecule has 2 atom stereocenters. The zero-order valence-electron chi connectivity index (χ0n) is 30.7. The Bertz CT molecular complexity index is 1800. The van der Waals surface area contributed by atoms with Gasteiger partial charge in [-0.25, -0.2) is 4.79 Å². The van der Waals surface area contributed by atoms with Crippen LogP contribution < -0.4 is 15.5 Å². The van der Waals surface area contributed by atoms with Gasteiger partial charge in [0.2, 0.25) is 11.8 Å². The fourth-order valence-corrected chi connectivity index (χ4v) is 6.23. The van der Waals surface area contributed by atoms with Gasteiger partial charge in [0.1, 0.15) is 11.6 Å². The highest BCUT2D eigenvalue weighted by atomic mass is 16.6. The number of nitrogens with zero attached hydrogens (tertiary/aromatic N) is 1. The molecule has 8 heteroatoms. The van der Waals surface area contributed by atoms with Crippen LogP contribution in [0.4, 0.5) is 5.69 Å². The van der Waals surface area contributed by atoms with Gasteiger partial charge in [0.25, 0.3) is 0 Å². The minimum atomic E-state index is -0.659. The maximum Gasteiger partial charge on any atom is 0.339 e. The van der Waals surface area contributed by atoms with Crippen molar-refractivity contribution in [1.29, 1.82) is 0 Å². The van der Waals surface area contributed by atoms with Crippen molar-refractivity contribution in [3.63, 3.8) is 0 Å². The third kappa shape index (κ3) is 10.6. The maximum absolute atomic E-state index is 14.2. The number of benzene rings is 4. The third-order valence-corrected chi connectivity index (χ3v) is 8.88. The van der Waals surface area contributed by atoms with Crippen molar-refractivity contribution >= 4 is 23.5 Å². The number of aryl methyl sites for hydroxylation is 1. The highest BCUT2D eigenvalue weighted by Crippen LogP contribution is 2.30. The van der Waals surface area contributed by atoms with Crippen molar-refractivity contribution in [3.8, 4) is 11.1 Å². The molecule has 0 radical (unpaired) electrons. The first-order chi connectivity index (χ1) is 24.3. The van der Waals surface area contributed by atoms with Crippen molar-refractivity contribution in [3.05, 3.63) is 125 Å². The van der Waals surface area contributed by atoms with Crippen LogP contribution in [0.5, 0.6) is 0 Å². The Morgan fingerprint density at radius 3 is 2.24 bits per heavy atom. The number of amides is 2. The summed E-state index contributed by atoms with van der Waals surface area (Å²) in [5, 5.41) is 6.54. The fraction of sp³-hybridized carbons (Fsp3) is 0.372. The molecule has 2 N–H and O–H groups in total. The van der Waals surface area contributed by atoms with Gasteiger partial charge in [-0.05, 0) is 94.3 Å². The summed E-state index contributed by atoms with van der Waals surface area (Å²) in [5.41, 5.74) is 5.01. The van der Waals surface area contributed by atoms with E-state index in [1.165, 1.54) is 0 Å². The molecule has 0 aliphatic carbocycles. The summed E-state index contributed by atoms with van der Waals surface area (Å²) in [6.07, 6.45) is 1.34. The molecule has 1 unspecified atom stereocenters. The summed E-state index contributed by atoms with van der Waals surface area (Å²) in [4.78, 5) is 42.3. The van der Waals surface area contributed by atoms with Crippen LogP contribution in [0.25, 0.3) is 11.1 Å². The number of carbonyl (C=O) groups excluding carboxylic acids is 3. The Balaban J connectivity index is 1.24. The molecular formula is C43H51N3O5. The number of ether oxygens (including phenoxy) is 2. The van der Waals surface area contributed by atoms with Crippen molar-refractivity contribution in [2.24, 2.45) is 0 Å². The number of nitrogens with one attached hydrogen (secondary N) is 2. The predicted molar refractivity (Wildman–Crippen MR) is 202 cm³/mol. The van der Waals surface area contributed by atoms with E-state index in [1.807, 2.05) is 139 Å². The smallest absolute Gasteiger partial charge is 0.339 e. The van der Waals surface area contributed by atoms with E-state index in [9.17, 15) is 14.4 Å². The molecule has 0 fully saturated rings. The minimum absolute atomic E-state index is 0.0446. The number of hydrogen-bond donors (Lipinski definition) is 2. The molecule has 268 valence electrons. The van der Waals surface area contributed by atoms with Gasteiger partial charge in [0, 0.05) is 24.2 Å². The van der Waals surface area contributed by atoms with Gasteiger partial charge in [-0.2, -0.15) is 0 Å². The molecule has 0 saturated heterocycles. The Labute approximate surface area is 302 Å². The van der Waals surface area contributed by atoms with Gasteiger partial charge < -0.3 is 25.0 Å². The lowest BCUT2D eigenvalue weighted by molar-refractivity contribution is -0.128. The van der Waals surface area contributed by atoms with E-state index in [1.54, 1.807) is 11.0 Å². The molecule has 1 aliphatic heterocycles. The van der Waals surface area contributed by atoms with Gasteiger partial charge >= 0.3 is 5.97 Å². The Hall–Kier alpha value is -4.79. The largest absolute Gasteiger partial charge is 0.456 e. The second-order valence-electron chi connectivity index (χ2n) is 15.0. The number of anilines is 1. The zero-order chi connectivity index (χ0) is 36.6. The van der Waals surface area contributed by atoms with Crippen LogP contribution in [0.1, 0.15) is 81.4 Å². The van der Waals surface area contributed by atoms with Gasteiger partial charge in [-0.15, -0.1) is 0 Å². The van der Waals surface area contributed by atoms with Gasteiger partial charge in [0.15, 0.2) is 0 Å². The van der Waals surface area contributed by atoms with Crippen LogP contribution in [0.15, 0.2) is 103 Å². The van der Waals surface area contributed by atoms with Gasteiger partial charge in [-0.3, -0.25) is 9.59 Å². The minimum Gasteiger partial charge on any atom is -0.456 e. The normalized spacial score (nSPS) is 15.5. The van der Waals surface area contributed by atoms with E-state index in [0.717, 1.165) is 33.5 Å². The molecule has 0 saturated carbocycles. The Kier molecular flexibility index (Phi) is 12.1. The van der Waals surface area contributed by atoms with Crippen molar-refractivity contribution < 1.29 is 23.9 Å². The molecule has 1 aliphatic rings. The second kappa shape index (κ2) is 16.5. The molecule has 1 heterocycles. The second-order valence-corrected chi connectivity index (χ2v) is 15.0. The summed E-state index contributed by atoms with van der Waals surface area (Å²) < 4.78 is 11.7. The van der Waals surface area contributed by atoms with E-state index in [4.69, 9.17) is 9.47 Å². The zero-order valence-corrected chi connectivity index (χ0v) is 30.7. The molecule has 2 amide bonds. The lowest BCUT2D eigenvalue weighted by Gasteiger charge is -2.30. The highest BCUT2D eigenvalue weighted by Gasteiger charge is 2.33. The monoisotopic (exact) mass is 689 g/mol. The maximum atomic E-state index is 14.2. The first-order valence-corrected chi connectivity index (χ1v) is 17.8. The molecule has 4 aromatic carbocycles. The Morgan fingerprint density at radius 1 is 0.843 bits per heavy atom. The third-order valence-electron chi connectivity index (χ3n) is 8.88. The van der Waals surface area contributed by atoms with E-state index < -0.39 is 17.2 Å². The van der Waals surface area contributed by atoms with E-state index in [-0.39, 0.29) is 30.3 Å². The van der Waals surface area contributed by atoms with E-state index in [2.05, 4.69) is 10.6 Å². The van der Waals surface area contributed by atoms with Crippen LogP contribution in [-0.2, 0) is 38.6 Å². The first-order valence-electron chi connectivity index (χ1n) is 17.8. The van der Waals surface area contributed by atoms with Crippen LogP contribution in [0.2, 0.25) is 0 Å². The standard InChI is InChI=1S/C43H51N3O5/c1-30(50-29-32-14-8-7-9-15-32)27-44-43(5,6)26-39(47)45-37-25-24-34-16-10-13-19-38(34)46(40(37)48)28-31-20-22-33(23-21-31)35-17-11-12-18-36(35)41(49)51-42(2,3)4/h7-23,30,37,44H,24-29H2,1-6H3,(H,45,47)/t30-,37?/m1/s1. The van der Waals surface area contributed by atoms with Crippen LogP contribution in [-0.4, -0.2) is 47.6 Å². The number of hydrogen-bond acceptors (Lipinski definition) is 6. The topological polar surface area (TPSA) is 97.0 Å². The summed E-state index contributed by atoms with van der Waals surface area (Å²) in [6, 6.07) is 32.6. The SMILES string of the molecule is C[C@H](CNC(C)(C)CC(=O)NC1CCc2ccccc2N(Cc2ccc(-c3ccccc3C(=O)OC(C)(C)C)cc2)C1=O)OCc1ccccc1.